The minimum Gasteiger partial charge on any atom is -0.490 e. The molecule has 2 rings (SSSR count). The first kappa shape index (κ1) is 13.5. The maximum Gasteiger partial charge on any atom is 0.573 e. The molecule has 0 amide bonds. The van der Waals surface area contributed by atoms with Crippen molar-refractivity contribution in [3.05, 3.63) is 23.8 Å². The Labute approximate surface area is 107 Å². The smallest absolute Gasteiger partial charge is 0.490 e. The highest BCUT2D eigenvalue weighted by atomic mass is 19.4. The van der Waals surface area contributed by atoms with Crippen LogP contribution in [0.15, 0.2) is 18.2 Å². The van der Waals surface area contributed by atoms with Crippen LogP contribution in [0, 0.1) is 11.3 Å². The lowest BCUT2D eigenvalue weighted by atomic mass is 9.92. The minimum atomic E-state index is -4.86. The SMILES string of the molecule is N#Cc1ccc(OC2CC(O)C2)cc1OC(F)(F)F. The molecule has 0 heterocycles. The molecule has 7 heteroatoms. The Morgan fingerprint density at radius 1 is 1.32 bits per heavy atom. The molecule has 0 aliphatic heterocycles. The number of nitrogens with zero attached hydrogens (tertiary/aromatic N) is 1. The van der Waals surface area contributed by atoms with Gasteiger partial charge in [-0.25, -0.2) is 0 Å². The van der Waals surface area contributed by atoms with Crippen LogP contribution in [-0.2, 0) is 0 Å². The van der Waals surface area contributed by atoms with Crippen molar-refractivity contribution >= 4 is 0 Å². The molecule has 0 atom stereocenters. The molecule has 1 aromatic rings. The van der Waals surface area contributed by atoms with E-state index < -0.39 is 18.2 Å². The molecule has 0 aromatic heterocycles. The zero-order valence-corrected chi connectivity index (χ0v) is 9.65. The van der Waals surface area contributed by atoms with Crippen LogP contribution in [0.1, 0.15) is 18.4 Å². The molecule has 19 heavy (non-hydrogen) atoms. The highest BCUT2D eigenvalue weighted by Gasteiger charge is 2.33. The summed E-state index contributed by atoms with van der Waals surface area (Å²) in [5.41, 5.74) is -0.224. The maximum atomic E-state index is 12.2. The van der Waals surface area contributed by atoms with Crippen molar-refractivity contribution in [2.24, 2.45) is 0 Å². The van der Waals surface area contributed by atoms with Crippen molar-refractivity contribution in [2.45, 2.75) is 31.4 Å². The van der Waals surface area contributed by atoms with Gasteiger partial charge in [-0.1, -0.05) is 0 Å². The summed E-state index contributed by atoms with van der Waals surface area (Å²) in [6.07, 6.45) is -4.63. The van der Waals surface area contributed by atoms with E-state index in [0.29, 0.717) is 12.8 Å². The van der Waals surface area contributed by atoms with Gasteiger partial charge in [0.15, 0.2) is 5.75 Å². The van der Waals surface area contributed by atoms with Gasteiger partial charge in [-0.15, -0.1) is 13.2 Å². The summed E-state index contributed by atoms with van der Waals surface area (Å²) in [4.78, 5) is 0. The van der Waals surface area contributed by atoms with Gasteiger partial charge >= 0.3 is 6.36 Å². The fourth-order valence-corrected chi connectivity index (χ4v) is 1.70. The fourth-order valence-electron chi connectivity index (χ4n) is 1.70. The van der Waals surface area contributed by atoms with Crippen LogP contribution in [0.25, 0.3) is 0 Å². The molecule has 0 unspecified atom stereocenters. The number of ether oxygens (including phenoxy) is 2. The molecule has 1 aliphatic rings. The number of benzene rings is 1. The average Bonchev–Trinajstić information content (AvgIpc) is 2.25. The van der Waals surface area contributed by atoms with E-state index in [1.54, 1.807) is 6.07 Å². The Morgan fingerprint density at radius 3 is 2.53 bits per heavy atom. The molecule has 1 aromatic carbocycles. The monoisotopic (exact) mass is 273 g/mol. The molecule has 4 nitrogen and oxygen atoms in total. The number of rotatable bonds is 3. The Bertz CT molecular complexity index is 504. The number of alkyl halides is 3. The lowest BCUT2D eigenvalue weighted by molar-refractivity contribution is -0.274. The van der Waals surface area contributed by atoms with Crippen LogP contribution >= 0.6 is 0 Å². The largest absolute Gasteiger partial charge is 0.573 e. The number of aliphatic hydroxyl groups is 1. The molecule has 1 N–H and O–H groups in total. The fraction of sp³-hybridized carbons (Fsp3) is 0.417. The van der Waals surface area contributed by atoms with Crippen molar-refractivity contribution in [3.8, 4) is 17.6 Å². The van der Waals surface area contributed by atoms with Gasteiger partial charge in [0, 0.05) is 18.9 Å². The van der Waals surface area contributed by atoms with E-state index in [2.05, 4.69) is 4.74 Å². The predicted molar refractivity (Wildman–Crippen MR) is 57.5 cm³/mol. The Hall–Kier alpha value is -1.94. The summed E-state index contributed by atoms with van der Waals surface area (Å²) in [6, 6.07) is 5.23. The standard InChI is InChI=1S/C12H10F3NO3/c13-12(14,15)19-11-5-9(2-1-7(11)6-16)18-10-3-8(17)4-10/h1-2,5,8,10,17H,3-4H2. The maximum absolute atomic E-state index is 12.2. The lowest BCUT2D eigenvalue weighted by Gasteiger charge is -2.31. The van der Waals surface area contributed by atoms with E-state index in [0.717, 1.165) is 6.07 Å². The lowest BCUT2D eigenvalue weighted by Crippen LogP contribution is -2.37. The number of nitriles is 1. The predicted octanol–water partition coefficient (Wildman–Crippen LogP) is 2.36. The van der Waals surface area contributed by atoms with Crippen LogP contribution in [0.4, 0.5) is 13.2 Å². The normalized spacial score (nSPS) is 22.3. The summed E-state index contributed by atoms with van der Waals surface area (Å²) in [5, 5.41) is 17.8. The van der Waals surface area contributed by atoms with Crippen molar-refractivity contribution in [1.82, 2.24) is 0 Å². The molecule has 0 radical (unpaired) electrons. The first-order valence-electron chi connectivity index (χ1n) is 5.52. The second kappa shape index (κ2) is 4.97. The van der Waals surface area contributed by atoms with Crippen LogP contribution in [0.3, 0.4) is 0 Å². The summed E-state index contributed by atoms with van der Waals surface area (Å²) in [6.45, 7) is 0. The number of hydrogen-bond donors (Lipinski definition) is 1. The highest BCUT2D eigenvalue weighted by molar-refractivity contribution is 5.47. The van der Waals surface area contributed by atoms with Crippen LogP contribution in [-0.4, -0.2) is 23.7 Å². The first-order valence-corrected chi connectivity index (χ1v) is 5.52. The Balaban J connectivity index is 2.14. The van der Waals surface area contributed by atoms with E-state index in [1.807, 2.05) is 0 Å². The van der Waals surface area contributed by atoms with Gasteiger partial charge in [0.25, 0.3) is 0 Å². The third-order valence-electron chi connectivity index (χ3n) is 2.67. The first-order chi connectivity index (χ1) is 8.87. The van der Waals surface area contributed by atoms with Gasteiger partial charge in [-0.05, 0) is 12.1 Å². The third-order valence-corrected chi connectivity index (χ3v) is 2.67. The molecule has 102 valence electrons. The molecule has 0 saturated heterocycles. The molecule has 0 bridgehead atoms. The molecular weight excluding hydrogens is 263 g/mol. The van der Waals surface area contributed by atoms with Crippen molar-refractivity contribution in [3.63, 3.8) is 0 Å². The van der Waals surface area contributed by atoms with E-state index in [-0.39, 0.29) is 17.4 Å². The summed E-state index contributed by atoms with van der Waals surface area (Å²) in [7, 11) is 0. The van der Waals surface area contributed by atoms with Crippen LogP contribution in [0.5, 0.6) is 11.5 Å². The quantitative estimate of drug-likeness (QED) is 0.918. The second-order valence-electron chi connectivity index (χ2n) is 4.18. The van der Waals surface area contributed by atoms with Crippen molar-refractivity contribution in [2.75, 3.05) is 0 Å². The van der Waals surface area contributed by atoms with Gasteiger partial charge in [-0.2, -0.15) is 5.26 Å². The Morgan fingerprint density at radius 2 is 2.00 bits per heavy atom. The molecule has 1 fully saturated rings. The second-order valence-corrected chi connectivity index (χ2v) is 4.18. The number of hydrogen-bond acceptors (Lipinski definition) is 4. The van der Waals surface area contributed by atoms with Crippen molar-refractivity contribution in [1.29, 1.82) is 5.26 Å². The zero-order chi connectivity index (χ0) is 14.0. The van der Waals surface area contributed by atoms with E-state index in [9.17, 15) is 13.2 Å². The summed E-state index contributed by atoms with van der Waals surface area (Å²) in [5.74, 6) is -0.414. The zero-order valence-electron chi connectivity index (χ0n) is 9.65. The molecule has 0 spiro atoms. The van der Waals surface area contributed by atoms with E-state index in [4.69, 9.17) is 15.1 Å². The minimum absolute atomic E-state index is 0.176. The summed E-state index contributed by atoms with van der Waals surface area (Å²) < 4.78 is 45.7. The molecule has 1 saturated carbocycles. The van der Waals surface area contributed by atoms with Gasteiger partial charge in [0.1, 0.15) is 17.9 Å². The Kier molecular flexibility index (Phi) is 3.53. The number of halogens is 3. The highest BCUT2D eigenvalue weighted by Crippen LogP contribution is 2.32. The van der Waals surface area contributed by atoms with Crippen molar-refractivity contribution < 1.29 is 27.8 Å². The van der Waals surface area contributed by atoms with E-state index in [1.165, 1.54) is 12.1 Å². The van der Waals surface area contributed by atoms with Crippen LogP contribution < -0.4 is 9.47 Å². The summed E-state index contributed by atoms with van der Waals surface area (Å²) >= 11 is 0. The van der Waals surface area contributed by atoms with Gasteiger partial charge in [0.2, 0.25) is 0 Å². The van der Waals surface area contributed by atoms with Gasteiger partial charge in [0.05, 0.1) is 11.7 Å². The molecular formula is C12H10F3NO3. The number of aliphatic hydroxyl groups excluding tert-OH is 1. The molecule has 1 aliphatic carbocycles. The van der Waals surface area contributed by atoms with Gasteiger partial charge < -0.3 is 14.6 Å². The van der Waals surface area contributed by atoms with Crippen LogP contribution in [0.2, 0.25) is 0 Å². The third kappa shape index (κ3) is 3.51. The van der Waals surface area contributed by atoms with Gasteiger partial charge in [-0.3, -0.25) is 0 Å². The van der Waals surface area contributed by atoms with E-state index >= 15 is 0 Å². The topological polar surface area (TPSA) is 62.5 Å². The average molecular weight is 273 g/mol.